The van der Waals surface area contributed by atoms with Crippen LogP contribution in [0.5, 0.6) is 0 Å². The molecule has 3 heteroatoms. The molecule has 0 amide bonds. The van der Waals surface area contributed by atoms with E-state index >= 15 is 0 Å². The second-order valence-electron chi connectivity index (χ2n) is 5.63. The van der Waals surface area contributed by atoms with Crippen LogP contribution in [0.15, 0.2) is 76.2 Å². The number of pyridine rings is 1. The topological polar surface area (TPSA) is 22.0 Å². The van der Waals surface area contributed by atoms with E-state index in [9.17, 15) is 4.79 Å². The van der Waals surface area contributed by atoms with Gasteiger partial charge in [-0.05, 0) is 51.9 Å². The van der Waals surface area contributed by atoms with Crippen LogP contribution < -0.4 is 5.56 Å². The molecule has 0 spiro atoms. The highest BCUT2D eigenvalue weighted by Crippen LogP contribution is 2.19. The minimum absolute atomic E-state index is 0.0201. The zero-order valence-electron chi connectivity index (χ0n) is 12.3. The third kappa shape index (κ3) is 3.66. The average molecular weight is 356 g/mol. The average Bonchev–Trinajstić information content (AvgIpc) is 2.54. The first-order chi connectivity index (χ1) is 10.7. The predicted octanol–water partition coefficient (Wildman–Crippen LogP) is 4.33. The number of rotatable bonds is 4. The fraction of sp³-hybridized carbons (Fsp3) is 0.211. The molecule has 0 saturated carbocycles. The molecule has 0 fully saturated rings. The van der Waals surface area contributed by atoms with E-state index in [1.165, 1.54) is 5.56 Å². The normalized spacial score (nSPS) is 16.9. The Hall–Kier alpha value is -1.87. The van der Waals surface area contributed by atoms with Crippen LogP contribution in [-0.4, -0.2) is 4.57 Å². The van der Waals surface area contributed by atoms with Gasteiger partial charge in [-0.3, -0.25) is 4.79 Å². The van der Waals surface area contributed by atoms with Gasteiger partial charge in [0, 0.05) is 6.20 Å². The third-order valence-corrected chi connectivity index (χ3v) is 4.43. The van der Waals surface area contributed by atoms with E-state index in [2.05, 4.69) is 40.2 Å². The molecule has 22 heavy (non-hydrogen) atoms. The van der Waals surface area contributed by atoms with Gasteiger partial charge in [0.1, 0.15) is 0 Å². The Morgan fingerprint density at radius 2 is 1.95 bits per heavy atom. The molecule has 1 aliphatic carbocycles. The summed E-state index contributed by atoms with van der Waals surface area (Å²) in [5, 5.41) is 0. The first kappa shape index (κ1) is 15.0. The van der Waals surface area contributed by atoms with Crippen LogP contribution >= 0.6 is 15.9 Å². The molecule has 0 saturated heterocycles. The van der Waals surface area contributed by atoms with Crippen molar-refractivity contribution in [2.45, 2.75) is 19.4 Å². The third-order valence-electron chi connectivity index (χ3n) is 3.86. The molecule has 112 valence electrons. The van der Waals surface area contributed by atoms with E-state index < -0.39 is 0 Å². The molecule has 0 radical (unpaired) electrons. The van der Waals surface area contributed by atoms with Crippen LogP contribution in [0.2, 0.25) is 0 Å². The van der Waals surface area contributed by atoms with E-state index in [1.54, 1.807) is 4.57 Å². The lowest BCUT2D eigenvalue weighted by molar-refractivity contribution is 0.641. The molecule has 1 unspecified atom stereocenters. The number of aromatic nitrogens is 1. The van der Waals surface area contributed by atoms with E-state index in [0.29, 0.717) is 16.9 Å². The number of halogens is 1. The van der Waals surface area contributed by atoms with E-state index in [1.807, 2.05) is 42.6 Å². The summed E-state index contributed by atoms with van der Waals surface area (Å²) in [6.07, 6.45) is 12.6. The summed E-state index contributed by atoms with van der Waals surface area (Å²) >= 11 is 3.41. The Bertz CT molecular complexity index is 759. The molecule has 0 N–H and O–H groups in total. The van der Waals surface area contributed by atoms with Gasteiger partial charge in [-0.25, -0.2) is 0 Å². The van der Waals surface area contributed by atoms with Crippen molar-refractivity contribution in [1.82, 2.24) is 4.57 Å². The smallest absolute Gasteiger partial charge is 0.265 e. The Labute approximate surface area is 138 Å². The molecule has 0 bridgehead atoms. The van der Waals surface area contributed by atoms with Crippen molar-refractivity contribution in [2.24, 2.45) is 5.92 Å². The maximum atomic E-state index is 12.3. The van der Waals surface area contributed by atoms with Gasteiger partial charge in [0.15, 0.2) is 0 Å². The standard InChI is InChI=1S/C19H18BrNO/c20-18-12-17(11-15-7-3-1-4-8-15)14-21(19(18)22)13-16-9-5-2-6-10-16/h1-7,9-10,12,14-15H,8,11,13H2. The maximum absolute atomic E-state index is 12.3. The van der Waals surface area contributed by atoms with Gasteiger partial charge >= 0.3 is 0 Å². The van der Waals surface area contributed by atoms with Crippen molar-refractivity contribution < 1.29 is 0 Å². The predicted molar refractivity (Wildman–Crippen MR) is 94.0 cm³/mol. The number of nitrogens with zero attached hydrogens (tertiary/aromatic N) is 1. The summed E-state index contributed by atoms with van der Waals surface area (Å²) in [6, 6.07) is 12.0. The largest absolute Gasteiger partial charge is 0.310 e. The van der Waals surface area contributed by atoms with Gasteiger partial charge in [0.05, 0.1) is 11.0 Å². The van der Waals surface area contributed by atoms with Gasteiger partial charge in [0.2, 0.25) is 0 Å². The van der Waals surface area contributed by atoms with Crippen molar-refractivity contribution in [3.63, 3.8) is 0 Å². The summed E-state index contributed by atoms with van der Waals surface area (Å²) in [5.74, 6) is 0.513. The van der Waals surface area contributed by atoms with Gasteiger partial charge in [0.25, 0.3) is 5.56 Å². The molecule has 1 atom stereocenters. The van der Waals surface area contributed by atoms with E-state index in [4.69, 9.17) is 0 Å². The summed E-state index contributed by atoms with van der Waals surface area (Å²) in [6.45, 7) is 0.604. The Kier molecular flexibility index (Phi) is 4.74. The highest BCUT2D eigenvalue weighted by molar-refractivity contribution is 9.10. The number of allylic oxidation sites excluding steroid dienone is 4. The SMILES string of the molecule is O=c1c(Br)cc(CC2C=CC=CC2)cn1Cc1ccccc1. The molecule has 0 aliphatic heterocycles. The molecule has 2 nitrogen and oxygen atoms in total. The lowest BCUT2D eigenvalue weighted by Gasteiger charge is -2.15. The lowest BCUT2D eigenvalue weighted by Crippen LogP contribution is -2.22. The molecule has 3 rings (SSSR count). The van der Waals surface area contributed by atoms with Gasteiger partial charge in [-0.15, -0.1) is 0 Å². The second kappa shape index (κ2) is 6.93. The van der Waals surface area contributed by atoms with Crippen LogP contribution in [0.1, 0.15) is 17.5 Å². The summed E-state index contributed by atoms with van der Waals surface area (Å²) in [4.78, 5) is 12.3. The van der Waals surface area contributed by atoms with Crippen molar-refractivity contribution in [3.8, 4) is 0 Å². The molecular formula is C19H18BrNO. The number of hydrogen-bond donors (Lipinski definition) is 0. The first-order valence-corrected chi connectivity index (χ1v) is 8.28. The van der Waals surface area contributed by atoms with Gasteiger partial charge in [-0.1, -0.05) is 54.6 Å². The molecular weight excluding hydrogens is 338 g/mol. The summed E-state index contributed by atoms with van der Waals surface area (Å²) in [7, 11) is 0. The van der Waals surface area contributed by atoms with E-state index in [0.717, 1.165) is 18.4 Å². The minimum atomic E-state index is 0.0201. The zero-order chi connectivity index (χ0) is 15.4. The highest BCUT2D eigenvalue weighted by Gasteiger charge is 2.10. The molecule has 1 aromatic carbocycles. The van der Waals surface area contributed by atoms with Crippen molar-refractivity contribution >= 4 is 15.9 Å². The van der Waals surface area contributed by atoms with Crippen molar-refractivity contribution in [3.05, 3.63) is 92.9 Å². The Balaban J connectivity index is 1.85. The zero-order valence-corrected chi connectivity index (χ0v) is 13.9. The van der Waals surface area contributed by atoms with Crippen LogP contribution in [0, 0.1) is 5.92 Å². The molecule has 1 heterocycles. The monoisotopic (exact) mass is 355 g/mol. The second-order valence-corrected chi connectivity index (χ2v) is 6.48. The highest BCUT2D eigenvalue weighted by atomic mass is 79.9. The van der Waals surface area contributed by atoms with Crippen LogP contribution in [0.3, 0.4) is 0 Å². The molecule has 1 aromatic heterocycles. The summed E-state index contributed by atoms with van der Waals surface area (Å²) < 4.78 is 2.42. The number of benzene rings is 1. The van der Waals surface area contributed by atoms with E-state index in [-0.39, 0.29) is 5.56 Å². The van der Waals surface area contributed by atoms with Crippen LogP contribution in [0.25, 0.3) is 0 Å². The quantitative estimate of drug-likeness (QED) is 0.799. The summed E-state index contributed by atoms with van der Waals surface area (Å²) in [5.41, 5.74) is 2.34. The van der Waals surface area contributed by atoms with Crippen molar-refractivity contribution in [1.29, 1.82) is 0 Å². The molecule has 2 aromatic rings. The van der Waals surface area contributed by atoms with Gasteiger partial charge in [-0.2, -0.15) is 0 Å². The lowest BCUT2D eigenvalue weighted by atomic mass is 9.94. The minimum Gasteiger partial charge on any atom is -0.310 e. The fourth-order valence-corrected chi connectivity index (χ4v) is 3.27. The van der Waals surface area contributed by atoms with Crippen molar-refractivity contribution in [2.75, 3.05) is 0 Å². The maximum Gasteiger partial charge on any atom is 0.265 e. The number of hydrogen-bond acceptors (Lipinski definition) is 1. The van der Waals surface area contributed by atoms with Crippen LogP contribution in [-0.2, 0) is 13.0 Å². The Morgan fingerprint density at radius 3 is 2.68 bits per heavy atom. The van der Waals surface area contributed by atoms with Crippen LogP contribution in [0.4, 0.5) is 0 Å². The Morgan fingerprint density at radius 1 is 1.14 bits per heavy atom. The first-order valence-electron chi connectivity index (χ1n) is 7.48. The fourth-order valence-electron chi connectivity index (χ4n) is 2.75. The van der Waals surface area contributed by atoms with Gasteiger partial charge < -0.3 is 4.57 Å². The molecule has 1 aliphatic rings.